The van der Waals surface area contributed by atoms with Gasteiger partial charge in [0, 0.05) is 13.1 Å². The van der Waals surface area contributed by atoms with Crippen LogP contribution < -0.4 is 11.5 Å². The van der Waals surface area contributed by atoms with Crippen LogP contribution in [-0.2, 0) is 32.4 Å². The molecule has 0 amide bonds. The molecule has 0 fully saturated rings. The van der Waals surface area contributed by atoms with Crippen molar-refractivity contribution in [3.05, 3.63) is 69.8 Å². The van der Waals surface area contributed by atoms with Crippen molar-refractivity contribution in [3.63, 3.8) is 0 Å². The summed E-state index contributed by atoms with van der Waals surface area (Å²) in [6.45, 7) is 5.61. The average molecular weight is 282 g/mol. The lowest BCUT2D eigenvalue weighted by atomic mass is 9.95. The van der Waals surface area contributed by atoms with E-state index in [1.54, 1.807) is 0 Å². The Morgan fingerprint density at radius 3 is 1.43 bits per heavy atom. The molecule has 0 aliphatic heterocycles. The SMILES string of the molecule is CCc1cc(Cc2ccc(CN)c(CC)c2)ccc1CN. The Balaban J connectivity index is 2.25. The van der Waals surface area contributed by atoms with Crippen LogP contribution in [0.4, 0.5) is 0 Å². The summed E-state index contributed by atoms with van der Waals surface area (Å²) in [6, 6.07) is 13.3. The minimum absolute atomic E-state index is 0.620. The summed E-state index contributed by atoms with van der Waals surface area (Å²) < 4.78 is 0. The first-order valence-corrected chi connectivity index (χ1v) is 7.83. The van der Waals surface area contributed by atoms with Crippen LogP contribution in [-0.4, -0.2) is 0 Å². The molecule has 2 rings (SSSR count). The van der Waals surface area contributed by atoms with Gasteiger partial charge in [-0.1, -0.05) is 50.2 Å². The van der Waals surface area contributed by atoms with Gasteiger partial charge in [0.2, 0.25) is 0 Å². The lowest BCUT2D eigenvalue weighted by molar-refractivity contribution is 0.983. The first-order valence-electron chi connectivity index (χ1n) is 7.83. The summed E-state index contributed by atoms with van der Waals surface area (Å²) in [5, 5.41) is 0. The fourth-order valence-corrected chi connectivity index (χ4v) is 2.87. The van der Waals surface area contributed by atoms with Crippen LogP contribution in [0.5, 0.6) is 0 Å². The monoisotopic (exact) mass is 282 g/mol. The number of nitrogens with two attached hydrogens (primary N) is 2. The smallest absolute Gasteiger partial charge is 0.0180 e. The Morgan fingerprint density at radius 1 is 0.667 bits per heavy atom. The molecule has 2 aromatic rings. The highest BCUT2D eigenvalue weighted by atomic mass is 14.5. The van der Waals surface area contributed by atoms with Crippen molar-refractivity contribution < 1.29 is 0 Å². The Kier molecular flexibility index (Phi) is 5.54. The van der Waals surface area contributed by atoms with Crippen molar-refractivity contribution in [2.24, 2.45) is 11.5 Å². The van der Waals surface area contributed by atoms with Gasteiger partial charge in [-0.05, 0) is 52.6 Å². The molecule has 0 spiro atoms. The zero-order valence-electron chi connectivity index (χ0n) is 13.2. The van der Waals surface area contributed by atoms with Gasteiger partial charge in [-0.15, -0.1) is 0 Å². The van der Waals surface area contributed by atoms with E-state index in [1.165, 1.54) is 33.4 Å². The summed E-state index contributed by atoms with van der Waals surface area (Å²) in [7, 11) is 0. The number of rotatable bonds is 6. The molecule has 0 saturated carbocycles. The van der Waals surface area contributed by atoms with Crippen LogP contribution in [0.1, 0.15) is 47.2 Å². The van der Waals surface area contributed by atoms with Crippen molar-refractivity contribution in [2.45, 2.75) is 46.2 Å². The van der Waals surface area contributed by atoms with Gasteiger partial charge < -0.3 is 11.5 Å². The maximum atomic E-state index is 5.79. The van der Waals surface area contributed by atoms with E-state index < -0.39 is 0 Å². The molecule has 0 aliphatic rings. The topological polar surface area (TPSA) is 52.0 Å². The molecule has 2 heteroatoms. The van der Waals surface area contributed by atoms with Gasteiger partial charge in [0.1, 0.15) is 0 Å². The summed E-state index contributed by atoms with van der Waals surface area (Å²) in [4.78, 5) is 0. The van der Waals surface area contributed by atoms with E-state index in [4.69, 9.17) is 11.5 Å². The summed E-state index contributed by atoms with van der Waals surface area (Å²) >= 11 is 0. The normalized spacial score (nSPS) is 10.9. The molecule has 2 nitrogen and oxygen atoms in total. The third-order valence-electron chi connectivity index (χ3n) is 4.15. The first-order chi connectivity index (χ1) is 10.2. The molecule has 21 heavy (non-hydrogen) atoms. The van der Waals surface area contributed by atoms with E-state index in [0.29, 0.717) is 13.1 Å². The molecule has 0 aliphatic carbocycles. The van der Waals surface area contributed by atoms with Crippen LogP contribution in [0.15, 0.2) is 36.4 Å². The van der Waals surface area contributed by atoms with Crippen molar-refractivity contribution in [3.8, 4) is 0 Å². The fraction of sp³-hybridized carbons (Fsp3) is 0.368. The molecule has 0 unspecified atom stereocenters. The number of hydrogen-bond acceptors (Lipinski definition) is 2. The molecule has 0 aromatic heterocycles. The third-order valence-corrected chi connectivity index (χ3v) is 4.15. The first kappa shape index (κ1) is 15.7. The van der Waals surface area contributed by atoms with Gasteiger partial charge in [-0.25, -0.2) is 0 Å². The number of aryl methyl sites for hydroxylation is 2. The number of hydrogen-bond donors (Lipinski definition) is 2. The minimum atomic E-state index is 0.620. The van der Waals surface area contributed by atoms with Gasteiger partial charge >= 0.3 is 0 Å². The van der Waals surface area contributed by atoms with E-state index >= 15 is 0 Å². The van der Waals surface area contributed by atoms with Crippen LogP contribution in [0.3, 0.4) is 0 Å². The summed E-state index contributed by atoms with van der Waals surface area (Å²) in [6.07, 6.45) is 3.04. The van der Waals surface area contributed by atoms with Crippen molar-refractivity contribution >= 4 is 0 Å². The lowest BCUT2D eigenvalue weighted by Gasteiger charge is -2.11. The highest BCUT2D eigenvalue weighted by Gasteiger charge is 2.05. The second kappa shape index (κ2) is 7.39. The van der Waals surface area contributed by atoms with Gasteiger partial charge in [0.25, 0.3) is 0 Å². The molecule has 0 atom stereocenters. The quantitative estimate of drug-likeness (QED) is 0.854. The van der Waals surface area contributed by atoms with E-state index in [0.717, 1.165) is 19.3 Å². The van der Waals surface area contributed by atoms with Gasteiger partial charge in [0.15, 0.2) is 0 Å². The molecule has 0 bridgehead atoms. The Bertz CT molecular complexity index is 549. The van der Waals surface area contributed by atoms with Crippen LogP contribution in [0.2, 0.25) is 0 Å². The van der Waals surface area contributed by atoms with E-state index in [2.05, 4.69) is 50.2 Å². The van der Waals surface area contributed by atoms with Crippen LogP contribution >= 0.6 is 0 Å². The summed E-state index contributed by atoms with van der Waals surface area (Å²) in [5.41, 5.74) is 19.5. The van der Waals surface area contributed by atoms with Crippen LogP contribution in [0.25, 0.3) is 0 Å². The molecular weight excluding hydrogens is 256 g/mol. The lowest BCUT2D eigenvalue weighted by Crippen LogP contribution is -2.03. The average Bonchev–Trinajstić information content (AvgIpc) is 2.54. The van der Waals surface area contributed by atoms with Crippen molar-refractivity contribution in [1.29, 1.82) is 0 Å². The highest BCUT2D eigenvalue weighted by Crippen LogP contribution is 2.18. The zero-order valence-corrected chi connectivity index (χ0v) is 13.2. The highest BCUT2D eigenvalue weighted by molar-refractivity contribution is 5.38. The molecule has 2 aromatic carbocycles. The molecule has 0 radical (unpaired) electrons. The minimum Gasteiger partial charge on any atom is -0.326 e. The van der Waals surface area contributed by atoms with Crippen LogP contribution in [0, 0.1) is 0 Å². The predicted octanol–water partition coefficient (Wildman–Crippen LogP) is 3.32. The third kappa shape index (κ3) is 3.72. The summed E-state index contributed by atoms with van der Waals surface area (Å²) in [5.74, 6) is 0. The molecule has 4 N–H and O–H groups in total. The van der Waals surface area contributed by atoms with Crippen molar-refractivity contribution in [1.82, 2.24) is 0 Å². The van der Waals surface area contributed by atoms with E-state index in [9.17, 15) is 0 Å². The standard InChI is InChI=1S/C19H26N2/c1-3-16-10-14(5-7-18(16)12-20)9-15-6-8-19(13-21)17(4-2)11-15/h5-8,10-11H,3-4,9,12-13,20-21H2,1-2H3. The van der Waals surface area contributed by atoms with Gasteiger partial charge in [-0.2, -0.15) is 0 Å². The molecule has 0 saturated heterocycles. The second-order valence-corrected chi connectivity index (χ2v) is 5.50. The Morgan fingerprint density at radius 2 is 1.10 bits per heavy atom. The fourth-order valence-electron chi connectivity index (χ4n) is 2.87. The molecular formula is C19H26N2. The maximum Gasteiger partial charge on any atom is 0.0180 e. The predicted molar refractivity (Wildman–Crippen MR) is 90.2 cm³/mol. The molecule has 0 heterocycles. The number of benzene rings is 2. The second-order valence-electron chi connectivity index (χ2n) is 5.50. The Hall–Kier alpha value is -1.64. The molecule has 112 valence electrons. The zero-order chi connectivity index (χ0) is 15.2. The van der Waals surface area contributed by atoms with Gasteiger partial charge in [0.05, 0.1) is 0 Å². The maximum absolute atomic E-state index is 5.79. The van der Waals surface area contributed by atoms with Crippen molar-refractivity contribution in [2.75, 3.05) is 0 Å². The van der Waals surface area contributed by atoms with Gasteiger partial charge in [-0.3, -0.25) is 0 Å². The largest absolute Gasteiger partial charge is 0.326 e. The van der Waals surface area contributed by atoms with E-state index in [-0.39, 0.29) is 0 Å². The Labute approximate surface area is 128 Å². The van der Waals surface area contributed by atoms with E-state index in [1.807, 2.05) is 0 Å².